The van der Waals surface area contributed by atoms with Crippen LogP contribution in [0.1, 0.15) is 68.5 Å². The maximum absolute atomic E-state index is 13.3. The number of amides is 1. The number of ether oxygens (including phenoxy) is 2. The Hall–Kier alpha value is -3.20. The summed E-state index contributed by atoms with van der Waals surface area (Å²) in [5.41, 5.74) is 1.32. The van der Waals surface area contributed by atoms with Crippen molar-refractivity contribution in [3.05, 3.63) is 52.3 Å². The predicted molar refractivity (Wildman–Crippen MR) is 120 cm³/mol. The number of pyridine rings is 1. The van der Waals surface area contributed by atoms with E-state index in [1.165, 1.54) is 0 Å². The summed E-state index contributed by atoms with van der Waals surface area (Å²) in [6.07, 6.45) is 9.21. The van der Waals surface area contributed by atoms with Crippen molar-refractivity contribution in [1.29, 1.82) is 0 Å². The zero-order valence-electron chi connectivity index (χ0n) is 19.1. The summed E-state index contributed by atoms with van der Waals surface area (Å²) in [6.45, 7) is 6.59. The number of hydrogen-bond donors (Lipinski definition) is 2. The number of aromatic nitrogens is 4. The topological polar surface area (TPSA) is 102 Å². The summed E-state index contributed by atoms with van der Waals surface area (Å²) in [7, 11) is 0. The Labute approximate surface area is 190 Å². The van der Waals surface area contributed by atoms with Crippen molar-refractivity contribution in [3.63, 3.8) is 0 Å². The van der Waals surface area contributed by atoms with Gasteiger partial charge in [0.1, 0.15) is 17.6 Å². The second-order valence-corrected chi connectivity index (χ2v) is 10.2. The first kappa shape index (κ1) is 20.4. The van der Waals surface area contributed by atoms with Crippen LogP contribution < -0.4 is 20.0 Å². The molecule has 2 saturated carbocycles. The molecule has 0 unspecified atom stereocenters. The van der Waals surface area contributed by atoms with Crippen LogP contribution in [-0.4, -0.2) is 38.8 Å². The second-order valence-electron chi connectivity index (χ2n) is 10.2. The van der Waals surface area contributed by atoms with Gasteiger partial charge in [-0.15, -0.1) is 0 Å². The Morgan fingerprint density at radius 1 is 1.36 bits per heavy atom. The number of aromatic amines is 1. The van der Waals surface area contributed by atoms with E-state index >= 15 is 0 Å². The zero-order chi connectivity index (χ0) is 23.0. The fourth-order valence-electron chi connectivity index (χ4n) is 5.29. The maximum Gasteiger partial charge on any atom is 0.404 e. The minimum absolute atomic E-state index is 0.0259. The van der Waals surface area contributed by atoms with Gasteiger partial charge in [0.25, 0.3) is 11.5 Å². The minimum atomic E-state index is -0.431. The van der Waals surface area contributed by atoms with E-state index in [9.17, 15) is 9.59 Å². The Kier molecular flexibility index (Phi) is 4.27. The molecule has 0 aromatic carbocycles. The molecule has 5 heterocycles. The number of nitrogens with one attached hydrogen (secondary N) is 2. The number of carbonyl (C=O) groups is 1. The number of H-pyrrole nitrogens is 1. The van der Waals surface area contributed by atoms with Gasteiger partial charge in [0.05, 0.1) is 29.9 Å². The largest absolute Gasteiger partial charge is 0.462 e. The van der Waals surface area contributed by atoms with Crippen LogP contribution in [0.2, 0.25) is 0 Å². The van der Waals surface area contributed by atoms with Gasteiger partial charge in [0.15, 0.2) is 5.56 Å². The van der Waals surface area contributed by atoms with Crippen LogP contribution >= 0.6 is 0 Å². The summed E-state index contributed by atoms with van der Waals surface area (Å²) in [4.78, 5) is 34.1. The van der Waals surface area contributed by atoms with E-state index in [2.05, 4.69) is 22.2 Å². The van der Waals surface area contributed by atoms with Crippen LogP contribution in [0.25, 0.3) is 5.78 Å². The van der Waals surface area contributed by atoms with E-state index < -0.39 is 5.91 Å². The Balaban J connectivity index is 1.36. The SMILES string of the molecule is CC(C)Oc1nc2[nH]c(C34COC(C)(C3)C4)c[n+]2cc1C(=O)Nc1cccn(C2CC2)c1=O. The summed E-state index contributed by atoms with van der Waals surface area (Å²) in [5, 5.41) is 2.77. The third-order valence-electron chi connectivity index (χ3n) is 6.91. The number of carbonyl (C=O) groups excluding carboxylic acids is 1. The molecule has 2 aliphatic carbocycles. The van der Waals surface area contributed by atoms with Crippen LogP contribution in [0, 0.1) is 0 Å². The lowest BCUT2D eigenvalue weighted by molar-refractivity contribution is -0.513. The van der Waals surface area contributed by atoms with Crippen LogP contribution in [0.5, 0.6) is 5.88 Å². The first-order valence-corrected chi connectivity index (χ1v) is 11.5. The normalized spacial score (nSPS) is 25.9. The van der Waals surface area contributed by atoms with E-state index in [1.807, 2.05) is 24.4 Å². The van der Waals surface area contributed by atoms with Gasteiger partial charge < -0.3 is 19.4 Å². The summed E-state index contributed by atoms with van der Waals surface area (Å²) in [5.74, 6) is 0.398. The molecule has 3 aromatic heterocycles. The zero-order valence-corrected chi connectivity index (χ0v) is 19.1. The molecule has 0 radical (unpaired) electrons. The monoisotopic (exact) mass is 450 g/mol. The Morgan fingerprint density at radius 2 is 2.15 bits per heavy atom. The molecule has 0 spiro atoms. The van der Waals surface area contributed by atoms with Gasteiger partial charge in [-0.3, -0.25) is 9.59 Å². The number of hydrogen-bond acceptors (Lipinski definition) is 5. The molecule has 1 amide bonds. The van der Waals surface area contributed by atoms with E-state index in [0.717, 1.165) is 31.4 Å². The number of imidazole rings is 1. The van der Waals surface area contributed by atoms with Gasteiger partial charge >= 0.3 is 11.7 Å². The number of rotatable bonds is 6. The molecule has 172 valence electrons. The fourth-order valence-corrected chi connectivity index (χ4v) is 5.29. The molecule has 2 N–H and O–H groups in total. The van der Waals surface area contributed by atoms with Gasteiger partial charge in [-0.2, -0.15) is 0 Å². The van der Waals surface area contributed by atoms with Crippen molar-refractivity contribution in [2.45, 2.75) is 69.6 Å². The van der Waals surface area contributed by atoms with Gasteiger partial charge in [-0.05, 0) is 63.6 Å². The average molecular weight is 451 g/mol. The highest BCUT2D eigenvalue weighted by Crippen LogP contribution is 2.58. The number of fused-ring (bicyclic) bond motifs is 2. The molecule has 4 aliphatic rings. The highest BCUT2D eigenvalue weighted by Gasteiger charge is 2.62. The molecule has 2 bridgehead atoms. The van der Waals surface area contributed by atoms with Crippen molar-refractivity contribution in [2.75, 3.05) is 11.9 Å². The van der Waals surface area contributed by atoms with Crippen molar-refractivity contribution in [1.82, 2.24) is 14.5 Å². The summed E-state index contributed by atoms with van der Waals surface area (Å²) < 4.78 is 15.3. The Morgan fingerprint density at radius 3 is 2.82 bits per heavy atom. The molecule has 2 saturated heterocycles. The third kappa shape index (κ3) is 3.33. The lowest BCUT2D eigenvalue weighted by Gasteiger charge is -2.40. The lowest BCUT2D eigenvalue weighted by Crippen LogP contribution is -2.45. The van der Waals surface area contributed by atoms with Crippen LogP contribution in [-0.2, 0) is 10.2 Å². The van der Waals surface area contributed by atoms with Gasteiger partial charge in [-0.1, -0.05) is 0 Å². The summed E-state index contributed by atoms with van der Waals surface area (Å²) in [6, 6.07) is 3.64. The predicted octanol–water partition coefficient (Wildman–Crippen LogP) is 2.51. The van der Waals surface area contributed by atoms with Gasteiger partial charge in [-0.25, -0.2) is 9.38 Å². The molecule has 7 rings (SSSR count). The summed E-state index contributed by atoms with van der Waals surface area (Å²) >= 11 is 0. The molecule has 3 aromatic rings. The molecule has 9 heteroatoms. The molecule has 9 nitrogen and oxygen atoms in total. The third-order valence-corrected chi connectivity index (χ3v) is 6.91. The first-order chi connectivity index (χ1) is 15.8. The first-order valence-electron chi connectivity index (χ1n) is 11.5. The van der Waals surface area contributed by atoms with Gasteiger partial charge in [0.2, 0.25) is 0 Å². The minimum Gasteiger partial charge on any atom is -0.462 e. The average Bonchev–Trinajstić information content (AvgIpc) is 3.28. The van der Waals surface area contributed by atoms with Crippen molar-refractivity contribution < 1.29 is 18.7 Å². The molecule has 0 atom stereocenters. The highest BCUT2D eigenvalue weighted by molar-refractivity contribution is 6.05. The van der Waals surface area contributed by atoms with Crippen molar-refractivity contribution in [3.8, 4) is 5.88 Å². The smallest absolute Gasteiger partial charge is 0.404 e. The lowest BCUT2D eigenvalue weighted by atomic mass is 9.62. The molecule has 2 aliphatic heterocycles. The highest BCUT2D eigenvalue weighted by atomic mass is 16.5. The molecular weight excluding hydrogens is 422 g/mol. The van der Waals surface area contributed by atoms with Crippen LogP contribution in [0.4, 0.5) is 5.69 Å². The number of anilines is 1. The van der Waals surface area contributed by atoms with Crippen molar-refractivity contribution in [2.24, 2.45) is 0 Å². The standard InChI is InChI=1S/C24H27N5O4/c1-14(2)33-20-16(19(30)25-17-5-4-8-29(21(17)31)15-6-7-15)9-28-10-18(26-22(28)27-20)24-11-23(3,12-24)32-13-24/h4-5,8-10,14-15H,6-7,11-13H2,1-3H3,(H,25,30)/p+1. The van der Waals surface area contributed by atoms with Crippen molar-refractivity contribution >= 4 is 17.4 Å². The fraction of sp³-hybridized carbons (Fsp3) is 0.500. The second kappa shape index (κ2) is 6.90. The molecule has 4 fully saturated rings. The van der Waals surface area contributed by atoms with Gasteiger partial charge in [0, 0.05) is 12.2 Å². The van der Waals surface area contributed by atoms with E-state index in [1.54, 1.807) is 29.1 Å². The molecular formula is C24H28N5O4+. The maximum atomic E-state index is 13.3. The van der Waals surface area contributed by atoms with E-state index in [4.69, 9.17) is 9.47 Å². The quantitative estimate of drug-likeness (QED) is 0.562. The number of nitrogens with zero attached hydrogens (tertiary/aromatic N) is 3. The van der Waals surface area contributed by atoms with Crippen LogP contribution in [0.15, 0.2) is 35.5 Å². The Bertz CT molecular complexity index is 1330. The molecule has 33 heavy (non-hydrogen) atoms. The van der Waals surface area contributed by atoms with Crippen LogP contribution in [0.3, 0.4) is 0 Å². The van der Waals surface area contributed by atoms with E-state index in [0.29, 0.717) is 12.4 Å². The van der Waals surface area contributed by atoms with E-state index in [-0.39, 0.29) is 45.9 Å².